The molecule has 3 rings (SSSR count). The van der Waals surface area contributed by atoms with Gasteiger partial charge in [0, 0.05) is 32.5 Å². The summed E-state index contributed by atoms with van der Waals surface area (Å²) < 4.78 is 2.13. The molecule has 2 aromatic rings. The Morgan fingerprint density at radius 1 is 1.38 bits per heavy atom. The Labute approximate surface area is 141 Å². The van der Waals surface area contributed by atoms with E-state index in [1.165, 1.54) is 0 Å². The fourth-order valence-electron chi connectivity index (χ4n) is 2.93. The zero-order valence-electron chi connectivity index (χ0n) is 13.8. The van der Waals surface area contributed by atoms with E-state index >= 15 is 0 Å². The van der Waals surface area contributed by atoms with Crippen molar-refractivity contribution in [3.63, 3.8) is 0 Å². The topological polar surface area (TPSA) is 92.1 Å². The molecule has 0 bridgehead atoms. The van der Waals surface area contributed by atoms with Crippen LogP contribution in [0.15, 0.2) is 24.3 Å². The molecule has 0 spiro atoms. The number of nitrogens with one attached hydrogen (secondary N) is 2. The number of hydrogen-bond donors (Lipinski definition) is 3. The summed E-state index contributed by atoms with van der Waals surface area (Å²) in [4.78, 5) is 11.8. The van der Waals surface area contributed by atoms with Crippen LogP contribution in [0.5, 0.6) is 0 Å². The summed E-state index contributed by atoms with van der Waals surface area (Å²) >= 11 is 0. The van der Waals surface area contributed by atoms with E-state index in [0.29, 0.717) is 13.0 Å². The number of benzene rings is 1. The maximum Gasteiger partial charge on any atom is 0.314 e. The van der Waals surface area contributed by atoms with Gasteiger partial charge in [-0.25, -0.2) is 4.79 Å². The maximum absolute atomic E-state index is 11.8. The lowest BCUT2D eigenvalue weighted by atomic mass is 10.1. The number of hydrogen-bond acceptors (Lipinski definition) is 4. The van der Waals surface area contributed by atoms with E-state index in [2.05, 4.69) is 25.4 Å². The van der Waals surface area contributed by atoms with Gasteiger partial charge in [-0.2, -0.15) is 0 Å². The second-order valence-corrected chi connectivity index (χ2v) is 6.10. The molecule has 7 heteroatoms. The lowest BCUT2D eigenvalue weighted by Crippen LogP contribution is -2.38. The predicted molar refractivity (Wildman–Crippen MR) is 89.6 cm³/mol. The third-order valence-corrected chi connectivity index (χ3v) is 4.20. The average Bonchev–Trinajstić information content (AvgIpc) is 3.17. The maximum atomic E-state index is 11.8. The van der Waals surface area contributed by atoms with Crippen molar-refractivity contribution < 1.29 is 9.90 Å². The van der Waals surface area contributed by atoms with Crippen LogP contribution >= 0.6 is 0 Å². The fraction of sp³-hybridized carbons (Fsp3) is 0.471. The van der Waals surface area contributed by atoms with Crippen molar-refractivity contribution >= 4 is 6.03 Å². The van der Waals surface area contributed by atoms with Crippen molar-refractivity contribution in [2.24, 2.45) is 0 Å². The Hall–Kier alpha value is -2.41. The number of carbonyl (C=O) groups is 1. The van der Waals surface area contributed by atoms with Gasteiger partial charge in [0.05, 0.1) is 6.10 Å². The van der Waals surface area contributed by atoms with Gasteiger partial charge >= 0.3 is 6.03 Å². The number of aliphatic hydroxyl groups excluding tert-OH is 1. The van der Waals surface area contributed by atoms with Gasteiger partial charge in [-0.05, 0) is 18.9 Å². The van der Waals surface area contributed by atoms with E-state index in [1.54, 1.807) is 0 Å². The molecule has 1 aliphatic rings. The SMILES string of the molecule is Cc1cccc(C(O)CNC(=O)NCCc2nnc3n2CCC3)c1. The molecular weight excluding hydrogens is 306 g/mol. The van der Waals surface area contributed by atoms with Crippen molar-refractivity contribution in [2.45, 2.75) is 38.8 Å². The van der Waals surface area contributed by atoms with Crippen molar-refractivity contribution in [1.29, 1.82) is 0 Å². The average molecular weight is 329 g/mol. The molecule has 1 aliphatic heterocycles. The summed E-state index contributed by atoms with van der Waals surface area (Å²) in [5, 5.41) is 23.9. The van der Waals surface area contributed by atoms with E-state index < -0.39 is 6.10 Å². The number of nitrogens with zero attached hydrogens (tertiary/aromatic N) is 3. The van der Waals surface area contributed by atoms with Crippen LogP contribution < -0.4 is 10.6 Å². The van der Waals surface area contributed by atoms with E-state index in [0.717, 1.165) is 42.2 Å². The Morgan fingerprint density at radius 3 is 3.08 bits per heavy atom. The Balaban J connectivity index is 1.39. The van der Waals surface area contributed by atoms with E-state index in [-0.39, 0.29) is 12.6 Å². The predicted octanol–water partition coefficient (Wildman–Crippen LogP) is 1.11. The van der Waals surface area contributed by atoms with Crippen LogP contribution in [0, 0.1) is 6.92 Å². The summed E-state index contributed by atoms with van der Waals surface area (Å²) in [6.07, 6.45) is 2.04. The largest absolute Gasteiger partial charge is 0.387 e. The summed E-state index contributed by atoms with van der Waals surface area (Å²) in [7, 11) is 0. The zero-order valence-corrected chi connectivity index (χ0v) is 13.8. The summed E-state index contributed by atoms with van der Waals surface area (Å²) in [5.41, 5.74) is 1.88. The molecule has 0 aliphatic carbocycles. The Bertz CT molecular complexity index is 713. The molecule has 0 saturated carbocycles. The zero-order chi connectivity index (χ0) is 16.9. The molecule has 0 fully saturated rings. The standard InChI is InChI=1S/C17H23N5O2/c1-12-4-2-5-13(10-12)14(23)11-19-17(24)18-8-7-16-21-20-15-6-3-9-22(15)16/h2,4-5,10,14,23H,3,6-9,11H2,1H3,(H2,18,19,24). The van der Waals surface area contributed by atoms with Crippen LogP contribution in [-0.2, 0) is 19.4 Å². The van der Waals surface area contributed by atoms with Crippen molar-refractivity contribution in [3.8, 4) is 0 Å². The molecule has 1 aromatic carbocycles. The highest BCUT2D eigenvalue weighted by Crippen LogP contribution is 2.14. The van der Waals surface area contributed by atoms with Gasteiger partial charge in [-0.1, -0.05) is 29.8 Å². The third-order valence-electron chi connectivity index (χ3n) is 4.20. The number of aryl methyl sites for hydroxylation is 2. The van der Waals surface area contributed by atoms with E-state index in [1.807, 2.05) is 31.2 Å². The molecule has 7 nitrogen and oxygen atoms in total. The van der Waals surface area contributed by atoms with Gasteiger partial charge in [-0.15, -0.1) is 10.2 Å². The highest BCUT2D eigenvalue weighted by Gasteiger charge is 2.17. The van der Waals surface area contributed by atoms with Crippen LogP contribution in [0.2, 0.25) is 0 Å². The van der Waals surface area contributed by atoms with Gasteiger partial charge in [0.25, 0.3) is 0 Å². The van der Waals surface area contributed by atoms with Gasteiger partial charge in [0.2, 0.25) is 0 Å². The second-order valence-electron chi connectivity index (χ2n) is 6.10. The molecule has 3 N–H and O–H groups in total. The van der Waals surface area contributed by atoms with Crippen LogP contribution in [-0.4, -0.2) is 39.0 Å². The van der Waals surface area contributed by atoms with Crippen LogP contribution in [0.3, 0.4) is 0 Å². The van der Waals surface area contributed by atoms with Crippen LogP contribution in [0.25, 0.3) is 0 Å². The number of fused-ring (bicyclic) bond motifs is 1. The lowest BCUT2D eigenvalue weighted by molar-refractivity contribution is 0.173. The smallest absolute Gasteiger partial charge is 0.314 e. The van der Waals surface area contributed by atoms with Gasteiger partial charge in [0.1, 0.15) is 11.6 Å². The number of aromatic nitrogens is 3. The normalized spacial score (nSPS) is 14.2. The molecule has 1 atom stereocenters. The Kier molecular flexibility index (Phi) is 5.10. The fourth-order valence-corrected chi connectivity index (χ4v) is 2.93. The van der Waals surface area contributed by atoms with Crippen molar-refractivity contribution in [2.75, 3.05) is 13.1 Å². The minimum absolute atomic E-state index is 0.176. The first-order valence-electron chi connectivity index (χ1n) is 8.31. The first-order chi connectivity index (χ1) is 11.6. The molecule has 2 heterocycles. The summed E-state index contributed by atoms with van der Waals surface area (Å²) in [6.45, 7) is 3.60. The van der Waals surface area contributed by atoms with Crippen molar-refractivity contribution in [1.82, 2.24) is 25.4 Å². The number of amides is 2. The quantitative estimate of drug-likeness (QED) is 0.740. The minimum Gasteiger partial charge on any atom is -0.387 e. The van der Waals surface area contributed by atoms with Gasteiger partial charge < -0.3 is 20.3 Å². The summed E-state index contributed by atoms with van der Waals surface area (Å²) in [6, 6.07) is 7.34. The van der Waals surface area contributed by atoms with Gasteiger partial charge in [0.15, 0.2) is 0 Å². The summed E-state index contributed by atoms with van der Waals surface area (Å²) in [5.74, 6) is 1.96. The lowest BCUT2D eigenvalue weighted by Gasteiger charge is -2.13. The molecule has 0 saturated heterocycles. The molecule has 2 amide bonds. The first-order valence-corrected chi connectivity index (χ1v) is 8.31. The third kappa shape index (κ3) is 3.91. The monoisotopic (exact) mass is 329 g/mol. The molecule has 1 unspecified atom stereocenters. The molecular formula is C17H23N5O2. The second kappa shape index (κ2) is 7.44. The highest BCUT2D eigenvalue weighted by molar-refractivity contribution is 5.73. The van der Waals surface area contributed by atoms with E-state index in [4.69, 9.17) is 0 Å². The first kappa shape index (κ1) is 16.4. The molecule has 24 heavy (non-hydrogen) atoms. The van der Waals surface area contributed by atoms with E-state index in [9.17, 15) is 9.90 Å². The van der Waals surface area contributed by atoms with Crippen LogP contribution in [0.1, 0.15) is 35.3 Å². The molecule has 128 valence electrons. The number of rotatable bonds is 6. The van der Waals surface area contributed by atoms with Crippen molar-refractivity contribution in [3.05, 3.63) is 47.0 Å². The minimum atomic E-state index is -0.713. The number of carbonyl (C=O) groups excluding carboxylic acids is 1. The number of urea groups is 1. The molecule has 1 aromatic heterocycles. The molecule has 0 radical (unpaired) electrons. The van der Waals surface area contributed by atoms with Gasteiger partial charge in [-0.3, -0.25) is 0 Å². The highest BCUT2D eigenvalue weighted by atomic mass is 16.3. The van der Waals surface area contributed by atoms with Crippen LogP contribution in [0.4, 0.5) is 4.79 Å². The Morgan fingerprint density at radius 2 is 2.25 bits per heavy atom. The number of aliphatic hydroxyl groups is 1.